The average Bonchev–Trinajstić information content (AvgIpc) is 3.19. The molecule has 1 aliphatic rings. The summed E-state index contributed by atoms with van der Waals surface area (Å²) < 4.78 is 34.4. The lowest BCUT2D eigenvalue weighted by Crippen LogP contribution is -2.42. The Morgan fingerprint density at radius 3 is 2.62 bits per heavy atom. The predicted octanol–water partition coefficient (Wildman–Crippen LogP) is 2.90. The van der Waals surface area contributed by atoms with Gasteiger partial charge in [-0.3, -0.25) is 0 Å². The van der Waals surface area contributed by atoms with Crippen LogP contribution in [0.15, 0.2) is 34.9 Å². The maximum atomic E-state index is 12.0. The molecule has 1 saturated carbocycles. The highest BCUT2D eigenvalue weighted by molar-refractivity contribution is 7.87. The molecule has 0 saturated heterocycles. The number of hydrogen-bond acceptors (Lipinski definition) is 4. The molecule has 0 amide bonds. The third kappa shape index (κ3) is 4.80. The molecule has 0 atom stereocenters. The van der Waals surface area contributed by atoms with Gasteiger partial charge in [-0.05, 0) is 37.1 Å². The summed E-state index contributed by atoms with van der Waals surface area (Å²) in [6.07, 6.45) is 4.45. The maximum absolute atomic E-state index is 12.0. The van der Waals surface area contributed by atoms with Crippen LogP contribution < -0.4 is 9.44 Å². The second-order valence-electron chi connectivity index (χ2n) is 5.94. The minimum absolute atomic E-state index is 0.0612. The number of nitrogens with one attached hydrogen (secondary N) is 2. The first-order valence-electron chi connectivity index (χ1n) is 8.00. The average molecular weight is 370 g/mol. The topological polar surface area (TPSA) is 84.2 Å². The van der Waals surface area contributed by atoms with Gasteiger partial charge in [0.25, 0.3) is 10.2 Å². The molecule has 2 aromatic rings. The zero-order valence-electron chi connectivity index (χ0n) is 13.2. The summed E-state index contributed by atoms with van der Waals surface area (Å²) in [5.74, 6) is 0.633. The molecule has 0 spiro atoms. The van der Waals surface area contributed by atoms with Crippen LogP contribution in [0.1, 0.15) is 31.4 Å². The van der Waals surface area contributed by atoms with E-state index in [1.54, 1.807) is 12.1 Å². The van der Waals surface area contributed by atoms with E-state index in [0.29, 0.717) is 22.9 Å². The first kappa shape index (κ1) is 17.4. The number of aromatic nitrogens is 1. The number of hydrogen-bond donors (Lipinski definition) is 2. The van der Waals surface area contributed by atoms with Crippen LogP contribution in [0.3, 0.4) is 0 Å². The van der Waals surface area contributed by atoms with E-state index in [0.717, 1.165) is 31.2 Å². The largest absolute Gasteiger partial charge is 0.356 e. The Morgan fingerprint density at radius 1 is 1.21 bits per heavy atom. The van der Waals surface area contributed by atoms with E-state index in [9.17, 15) is 8.42 Å². The smallest absolute Gasteiger partial charge is 0.277 e. The van der Waals surface area contributed by atoms with Crippen molar-refractivity contribution in [1.29, 1.82) is 0 Å². The summed E-state index contributed by atoms with van der Waals surface area (Å²) in [5, 5.41) is 4.63. The van der Waals surface area contributed by atoms with E-state index in [4.69, 9.17) is 16.1 Å². The summed E-state index contributed by atoms with van der Waals surface area (Å²) in [5.41, 5.74) is 1.57. The number of benzene rings is 1. The fourth-order valence-electron chi connectivity index (χ4n) is 2.80. The SMILES string of the molecule is O=S(=O)(NCCc1cc(-c2ccc(Cl)cc2)on1)NC1CCCC1. The van der Waals surface area contributed by atoms with Crippen molar-refractivity contribution in [3.63, 3.8) is 0 Å². The van der Waals surface area contributed by atoms with Crippen LogP contribution in [0.5, 0.6) is 0 Å². The van der Waals surface area contributed by atoms with Crippen LogP contribution in [-0.4, -0.2) is 26.2 Å². The van der Waals surface area contributed by atoms with E-state index in [1.165, 1.54) is 0 Å². The van der Waals surface area contributed by atoms with E-state index >= 15 is 0 Å². The van der Waals surface area contributed by atoms with Crippen molar-refractivity contribution in [2.75, 3.05) is 6.54 Å². The monoisotopic (exact) mass is 369 g/mol. The molecule has 1 aromatic heterocycles. The van der Waals surface area contributed by atoms with Crippen molar-refractivity contribution in [2.24, 2.45) is 0 Å². The Labute approximate surface area is 146 Å². The maximum Gasteiger partial charge on any atom is 0.277 e. The van der Waals surface area contributed by atoms with Crippen LogP contribution in [0.25, 0.3) is 11.3 Å². The summed E-state index contributed by atoms with van der Waals surface area (Å²) in [6.45, 7) is 0.272. The molecule has 1 fully saturated rings. The van der Waals surface area contributed by atoms with Gasteiger partial charge >= 0.3 is 0 Å². The molecule has 1 aromatic carbocycles. The standard InChI is InChI=1S/C16H20ClN3O3S/c17-13-7-5-12(6-8-13)16-11-15(19-23-16)9-10-18-24(21,22)20-14-3-1-2-4-14/h5-8,11,14,18,20H,1-4,9-10H2. The van der Waals surface area contributed by atoms with Crippen LogP contribution >= 0.6 is 11.6 Å². The second-order valence-corrected chi connectivity index (χ2v) is 7.90. The number of nitrogens with zero attached hydrogens (tertiary/aromatic N) is 1. The van der Waals surface area contributed by atoms with Gasteiger partial charge in [-0.1, -0.05) is 29.6 Å². The highest BCUT2D eigenvalue weighted by Crippen LogP contribution is 2.22. The molecule has 6 nitrogen and oxygen atoms in total. The Kier molecular flexibility index (Phi) is 5.55. The van der Waals surface area contributed by atoms with Gasteiger partial charge in [0.2, 0.25) is 0 Å². The molecule has 1 aliphatic carbocycles. The van der Waals surface area contributed by atoms with Crippen molar-refractivity contribution in [1.82, 2.24) is 14.6 Å². The van der Waals surface area contributed by atoms with Crippen molar-refractivity contribution in [3.8, 4) is 11.3 Å². The first-order valence-corrected chi connectivity index (χ1v) is 9.86. The van der Waals surface area contributed by atoms with Crippen LogP contribution in [0.4, 0.5) is 0 Å². The second kappa shape index (κ2) is 7.65. The van der Waals surface area contributed by atoms with Gasteiger partial charge in [0.05, 0.1) is 5.69 Å². The fourth-order valence-corrected chi connectivity index (χ4v) is 4.05. The lowest BCUT2D eigenvalue weighted by atomic mass is 10.1. The minimum atomic E-state index is -3.46. The number of halogens is 1. The lowest BCUT2D eigenvalue weighted by molar-refractivity contribution is 0.423. The summed E-state index contributed by atoms with van der Waals surface area (Å²) in [6, 6.07) is 9.12. The first-order chi connectivity index (χ1) is 11.5. The Morgan fingerprint density at radius 2 is 1.92 bits per heavy atom. The lowest BCUT2D eigenvalue weighted by Gasteiger charge is -2.12. The van der Waals surface area contributed by atoms with E-state index in [2.05, 4.69) is 14.6 Å². The molecular formula is C16H20ClN3O3S. The third-order valence-electron chi connectivity index (χ3n) is 4.04. The molecule has 0 aliphatic heterocycles. The van der Waals surface area contributed by atoms with E-state index in [1.807, 2.05) is 18.2 Å². The summed E-state index contributed by atoms with van der Waals surface area (Å²) >= 11 is 5.86. The van der Waals surface area contributed by atoms with Gasteiger partial charge in [0.15, 0.2) is 5.76 Å². The van der Waals surface area contributed by atoms with E-state index in [-0.39, 0.29) is 12.6 Å². The Balaban J connectivity index is 1.51. The van der Waals surface area contributed by atoms with Gasteiger partial charge in [-0.2, -0.15) is 13.1 Å². The molecule has 2 N–H and O–H groups in total. The summed E-state index contributed by atoms with van der Waals surface area (Å²) in [4.78, 5) is 0. The van der Waals surface area contributed by atoms with Gasteiger partial charge in [-0.25, -0.2) is 4.72 Å². The minimum Gasteiger partial charge on any atom is -0.356 e. The van der Waals surface area contributed by atoms with E-state index < -0.39 is 10.2 Å². The zero-order chi connectivity index (χ0) is 17.0. The van der Waals surface area contributed by atoms with Gasteiger partial charge in [0, 0.05) is 35.7 Å². The third-order valence-corrected chi connectivity index (χ3v) is 5.52. The Bertz CT molecular complexity index is 768. The molecule has 0 bridgehead atoms. The van der Waals surface area contributed by atoms with Crippen molar-refractivity contribution < 1.29 is 12.9 Å². The molecule has 24 heavy (non-hydrogen) atoms. The highest BCUT2D eigenvalue weighted by Gasteiger charge is 2.20. The van der Waals surface area contributed by atoms with Crippen LogP contribution in [0, 0.1) is 0 Å². The van der Waals surface area contributed by atoms with Crippen molar-refractivity contribution in [3.05, 3.63) is 41.0 Å². The molecule has 0 radical (unpaired) electrons. The summed E-state index contributed by atoms with van der Waals surface area (Å²) in [7, 11) is -3.46. The van der Waals surface area contributed by atoms with Gasteiger partial charge in [-0.15, -0.1) is 0 Å². The molecule has 130 valence electrons. The highest BCUT2D eigenvalue weighted by atomic mass is 35.5. The van der Waals surface area contributed by atoms with Crippen LogP contribution in [0.2, 0.25) is 5.02 Å². The fraction of sp³-hybridized carbons (Fsp3) is 0.438. The molecule has 0 unspecified atom stereocenters. The number of rotatable bonds is 7. The van der Waals surface area contributed by atoms with Gasteiger partial charge in [0.1, 0.15) is 0 Å². The predicted molar refractivity (Wildman–Crippen MR) is 93.0 cm³/mol. The normalized spacial score (nSPS) is 15.9. The molecule has 3 rings (SSSR count). The van der Waals surface area contributed by atoms with Gasteiger partial charge < -0.3 is 4.52 Å². The van der Waals surface area contributed by atoms with Crippen molar-refractivity contribution >= 4 is 21.8 Å². The van der Waals surface area contributed by atoms with Crippen molar-refractivity contribution in [2.45, 2.75) is 38.1 Å². The molecular weight excluding hydrogens is 350 g/mol. The Hall–Kier alpha value is -1.41. The quantitative estimate of drug-likeness (QED) is 0.785. The molecule has 8 heteroatoms. The van der Waals surface area contributed by atoms with Crippen LogP contribution in [-0.2, 0) is 16.6 Å². The zero-order valence-corrected chi connectivity index (χ0v) is 14.7. The molecule has 1 heterocycles.